The molecule has 7 nitrogen and oxygen atoms in total. The molecule has 0 aliphatic carbocycles. The second-order valence-corrected chi connectivity index (χ2v) is 6.85. The quantitative estimate of drug-likeness (QED) is 0.191. The van der Waals surface area contributed by atoms with E-state index in [4.69, 9.17) is 4.74 Å². The first-order chi connectivity index (χ1) is 13.4. The van der Waals surface area contributed by atoms with Gasteiger partial charge in [-0.2, -0.15) is 0 Å². The van der Waals surface area contributed by atoms with Gasteiger partial charge in [-0.05, 0) is 6.42 Å². The van der Waals surface area contributed by atoms with Crippen LogP contribution in [-0.4, -0.2) is 32.0 Å². The van der Waals surface area contributed by atoms with Gasteiger partial charge in [-0.3, -0.25) is 9.59 Å². The predicted octanol–water partition coefficient (Wildman–Crippen LogP) is 3.56. The van der Waals surface area contributed by atoms with Crippen LogP contribution in [0.5, 0.6) is 0 Å². The molecule has 0 fully saturated rings. The summed E-state index contributed by atoms with van der Waals surface area (Å²) in [6.45, 7) is 7.59. The molecule has 160 valence electrons. The Kier molecular flexibility index (Phi) is 14.4. The lowest BCUT2D eigenvalue weighted by Gasteiger charge is -2.14. The Hall–Kier alpha value is -2.31. The first-order valence-electron chi connectivity index (χ1n) is 9.99. The van der Waals surface area contributed by atoms with Crippen LogP contribution in [0.25, 0.3) is 0 Å². The Morgan fingerprint density at radius 2 is 1.54 bits per heavy atom. The van der Waals surface area contributed by atoms with Crippen LogP contribution in [0.2, 0.25) is 0 Å². The molecule has 7 heteroatoms. The van der Waals surface area contributed by atoms with E-state index in [9.17, 15) is 14.4 Å². The molecule has 0 rings (SSSR count). The molecule has 2 amide bonds. The van der Waals surface area contributed by atoms with Crippen molar-refractivity contribution in [2.75, 3.05) is 14.2 Å². The fraction of sp³-hybridized carbons (Fsp3) is 0.667. The summed E-state index contributed by atoms with van der Waals surface area (Å²) < 4.78 is 9.26. The van der Waals surface area contributed by atoms with Crippen molar-refractivity contribution < 1.29 is 23.9 Å². The topological polar surface area (TPSA) is 93.7 Å². The fourth-order valence-corrected chi connectivity index (χ4v) is 2.60. The number of hydrogen-bond donors (Lipinski definition) is 2. The Labute approximate surface area is 168 Å². The lowest BCUT2D eigenvalue weighted by Crippen LogP contribution is -2.37. The van der Waals surface area contributed by atoms with Crippen LogP contribution >= 0.6 is 0 Å². The summed E-state index contributed by atoms with van der Waals surface area (Å²) in [6, 6.07) is 0. The van der Waals surface area contributed by atoms with Crippen molar-refractivity contribution in [3.8, 4) is 0 Å². The lowest BCUT2D eigenvalue weighted by atomic mass is 10.0. The average Bonchev–Trinajstić information content (AvgIpc) is 2.68. The summed E-state index contributed by atoms with van der Waals surface area (Å²) >= 11 is 0. The van der Waals surface area contributed by atoms with Gasteiger partial charge in [0.25, 0.3) is 5.91 Å². The minimum atomic E-state index is -0.766. The van der Waals surface area contributed by atoms with Gasteiger partial charge in [-0.15, -0.1) is 0 Å². The molecule has 0 saturated heterocycles. The third kappa shape index (κ3) is 11.4. The van der Waals surface area contributed by atoms with E-state index in [1.165, 1.54) is 52.7 Å². The number of carbonyl (C=O) groups excluding carboxylic acids is 3. The van der Waals surface area contributed by atoms with Gasteiger partial charge in [0.2, 0.25) is 5.91 Å². The van der Waals surface area contributed by atoms with Crippen LogP contribution in [-0.2, 0) is 23.9 Å². The molecular weight excluding hydrogens is 360 g/mol. The molecule has 0 aromatic rings. The molecule has 1 atom stereocenters. The van der Waals surface area contributed by atoms with Gasteiger partial charge in [-0.25, -0.2) is 4.79 Å². The summed E-state index contributed by atoms with van der Waals surface area (Å²) in [5.74, 6) is -1.96. The molecule has 0 aromatic carbocycles. The molecule has 0 heterocycles. The van der Waals surface area contributed by atoms with E-state index in [1.807, 2.05) is 6.92 Å². The maximum atomic E-state index is 12.2. The van der Waals surface area contributed by atoms with E-state index in [1.54, 1.807) is 0 Å². The number of rotatable bonds is 15. The van der Waals surface area contributed by atoms with Crippen LogP contribution in [0.4, 0.5) is 0 Å². The van der Waals surface area contributed by atoms with Crippen molar-refractivity contribution in [3.05, 3.63) is 24.2 Å². The fourth-order valence-electron chi connectivity index (χ4n) is 2.60. The molecular formula is C21H36N2O5. The molecule has 0 aliphatic heterocycles. The van der Waals surface area contributed by atoms with Crippen LogP contribution in [0.15, 0.2) is 24.2 Å². The predicted molar refractivity (Wildman–Crippen MR) is 109 cm³/mol. The number of nitrogens with one attached hydrogen (secondary N) is 2. The summed E-state index contributed by atoms with van der Waals surface area (Å²) in [5, 5.41) is 4.80. The van der Waals surface area contributed by atoms with E-state index < -0.39 is 11.9 Å². The molecule has 0 radical (unpaired) electrons. The molecule has 0 aromatic heterocycles. The van der Waals surface area contributed by atoms with Gasteiger partial charge < -0.3 is 20.1 Å². The molecule has 28 heavy (non-hydrogen) atoms. The number of hydrogen-bond acceptors (Lipinski definition) is 5. The Bertz CT molecular complexity index is 543. The number of esters is 1. The zero-order valence-electron chi connectivity index (χ0n) is 17.8. The van der Waals surface area contributed by atoms with Crippen LogP contribution in [0.3, 0.4) is 0 Å². The Morgan fingerprint density at radius 3 is 2.07 bits per heavy atom. The smallest absolute Gasteiger partial charge is 0.357 e. The molecule has 0 saturated carbocycles. The largest absolute Gasteiger partial charge is 0.502 e. The highest BCUT2D eigenvalue weighted by molar-refractivity contribution is 6.02. The van der Waals surface area contributed by atoms with Crippen LogP contribution in [0.1, 0.15) is 71.6 Å². The molecule has 0 spiro atoms. The zero-order chi connectivity index (χ0) is 21.4. The number of carbonyl (C=O) groups is 3. The van der Waals surface area contributed by atoms with Crippen molar-refractivity contribution in [2.45, 2.75) is 71.6 Å². The first-order valence-corrected chi connectivity index (χ1v) is 9.99. The van der Waals surface area contributed by atoms with Crippen LogP contribution in [0, 0.1) is 5.92 Å². The van der Waals surface area contributed by atoms with E-state index >= 15 is 0 Å². The van der Waals surface area contributed by atoms with E-state index in [-0.39, 0.29) is 23.2 Å². The summed E-state index contributed by atoms with van der Waals surface area (Å²) in [6.07, 6.45) is 11.5. The third-order valence-corrected chi connectivity index (χ3v) is 4.38. The van der Waals surface area contributed by atoms with Gasteiger partial charge in [0.1, 0.15) is 6.26 Å². The first kappa shape index (κ1) is 25.7. The molecule has 0 aliphatic rings. The van der Waals surface area contributed by atoms with E-state index in [0.717, 1.165) is 25.5 Å². The van der Waals surface area contributed by atoms with Crippen molar-refractivity contribution in [1.29, 1.82) is 0 Å². The molecule has 2 N–H and O–H groups in total. The maximum absolute atomic E-state index is 12.2. The maximum Gasteiger partial charge on any atom is 0.357 e. The van der Waals surface area contributed by atoms with E-state index in [0.29, 0.717) is 0 Å². The van der Waals surface area contributed by atoms with Gasteiger partial charge in [0, 0.05) is 5.92 Å². The second-order valence-electron chi connectivity index (χ2n) is 6.85. The van der Waals surface area contributed by atoms with E-state index in [2.05, 4.69) is 28.9 Å². The summed E-state index contributed by atoms with van der Waals surface area (Å²) in [5.41, 5.74) is -0.323. The number of unbranched alkanes of at least 4 members (excludes halogenated alkanes) is 7. The van der Waals surface area contributed by atoms with Gasteiger partial charge in [0.05, 0.1) is 19.9 Å². The highest BCUT2D eigenvalue weighted by Crippen LogP contribution is 2.13. The van der Waals surface area contributed by atoms with Crippen molar-refractivity contribution in [1.82, 2.24) is 10.6 Å². The Morgan fingerprint density at radius 1 is 0.964 bits per heavy atom. The number of ether oxygens (including phenoxy) is 2. The summed E-state index contributed by atoms with van der Waals surface area (Å²) in [4.78, 5) is 35.8. The third-order valence-electron chi connectivity index (χ3n) is 4.38. The lowest BCUT2D eigenvalue weighted by molar-refractivity contribution is -0.137. The normalized spacial score (nSPS) is 12.1. The number of methoxy groups -OCH3 is 2. The highest BCUT2D eigenvalue weighted by Gasteiger charge is 2.19. The minimum absolute atomic E-state index is 0.140. The zero-order valence-corrected chi connectivity index (χ0v) is 17.8. The Balaban J connectivity index is 4.20. The standard InChI is InChI=1S/C21H36N2O5/c1-6-7-8-9-10-11-12-13-14-16(2)19(24)22-17(3)20(25)23-18(15-27-4)21(26)28-5/h15-16H,3,6-14H2,1-2,4-5H3,(H,22,24)(H,23,25)/b18-15+. The second kappa shape index (κ2) is 15.7. The molecule has 0 bridgehead atoms. The van der Waals surface area contributed by atoms with Crippen molar-refractivity contribution in [2.24, 2.45) is 5.92 Å². The van der Waals surface area contributed by atoms with Crippen LogP contribution < -0.4 is 10.6 Å². The highest BCUT2D eigenvalue weighted by atomic mass is 16.5. The van der Waals surface area contributed by atoms with Gasteiger partial charge in [0.15, 0.2) is 5.70 Å². The van der Waals surface area contributed by atoms with Crippen molar-refractivity contribution >= 4 is 17.8 Å². The summed E-state index contributed by atoms with van der Waals surface area (Å²) in [7, 11) is 2.51. The van der Waals surface area contributed by atoms with Gasteiger partial charge >= 0.3 is 5.97 Å². The van der Waals surface area contributed by atoms with Gasteiger partial charge in [-0.1, -0.05) is 71.8 Å². The SMILES string of the molecule is C=C(NC(=O)C(C)CCCCCCCCCC)C(=O)N/C(=C/OC)C(=O)OC. The van der Waals surface area contributed by atoms with Crippen molar-refractivity contribution in [3.63, 3.8) is 0 Å². The average molecular weight is 397 g/mol. The molecule has 1 unspecified atom stereocenters. The monoisotopic (exact) mass is 396 g/mol. The minimum Gasteiger partial charge on any atom is -0.502 e. The number of amides is 2.